The first kappa shape index (κ1) is 16.6. The standard InChI is InChI=1S/C20H18ClNO2/c1-22-19(24)13-16(14-7-3-2-4-8-14)20(22)18(23)12-11-15-9-5-6-10-17(15)21/h2-10,16,18,20,23H,13H2,1H3/t16-,18-,20-/m1/s1. The molecule has 1 saturated heterocycles. The summed E-state index contributed by atoms with van der Waals surface area (Å²) in [6, 6.07) is 16.7. The first-order valence-corrected chi connectivity index (χ1v) is 8.20. The average Bonchev–Trinajstić information content (AvgIpc) is 2.90. The lowest BCUT2D eigenvalue weighted by Gasteiger charge is -2.27. The molecule has 1 fully saturated rings. The summed E-state index contributed by atoms with van der Waals surface area (Å²) >= 11 is 6.10. The summed E-state index contributed by atoms with van der Waals surface area (Å²) < 4.78 is 0. The molecule has 2 aromatic rings. The number of aliphatic hydroxyl groups excluding tert-OH is 1. The molecule has 3 nitrogen and oxygen atoms in total. The van der Waals surface area contributed by atoms with Crippen molar-refractivity contribution in [3.63, 3.8) is 0 Å². The van der Waals surface area contributed by atoms with Crippen LogP contribution in [0, 0.1) is 11.8 Å². The van der Waals surface area contributed by atoms with Crippen LogP contribution < -0.4 is 0 Å². The molecule has 0 bridgehead atoms. The largest absolute Gasteiger partial charge is 0.378 e. The second kappa shape index (κ2) is 7.09. The number of halogens is 1. The minimum absolute atomic E-state index is 0.0208. The first-order chi connectivity index (χ1) is 11.6. The third-order valence-electron chi connectivity index (χ3n) is 4.43. The maximum absolute atomic E-state index is 12.1. The number of carbonyl (C=O) groups is 1. The molecule has 24 heavy (non-hydrogen) atoms. The molecule has 0 unspecified atom stereocenters. The number of amides is 1. The summed E-state index contributed by atoms with van der Waals surface area (Å²) in [6.45, 7) is 0. The lowest BCUT2D eigenvalue weighted by molar-refractivity contribution is -0.128. The van der Waals surface area contributed by atoms with Crippen molar-refractivity contribution in [3.05, 3.63) is 70.7 Å². The molecule has 1 amide bonds. The zero-order valence-corrected chi connectivity index (χ0v) is 14.1. The van der Waals surface area contributed by atoms with E-state index in [4.69, 9.17) is 11.6 Å². The van der Waals surface area contributed by atoms with Gasteiger partial charge >= 0.3 is 0 Å². The van der Waals surface area contributed by atoms with Gasteiger partial charge < -0.3 is 10.0 Å². The van der Waals surface area contributed by atoms with Gasteiger partial charge in [0.2, 0.25) is 5.91 Å². The highest BCUT2D eigenvalue weighted by molar-refractivity contribution is 6.31. The van der Waals surface area contributed by atoms with E-state index >= 15 is 0 Å². The number of likely N-dealkylation sites (N-methyl/N-ethyl adjacent to an activating group) is 1. The average molecular weight is 340 g/mol. The molecule has 0 aromatic heterocycles. The number of rotatable bonds is 2. The number of carbonyl (C=O) groups excluding carboxylic acids is 1. The molecule has 0 spiro atoms. The molecule has 1 aliphatic rings. The van der Waals surface area contributed by atoms with Gasteiger partial charge in [0.25, 0.3) is 0 Å². The molecule has 1 heterocycles. The summed E-state index contributed by atoms with van der Waals surface area (Å²) in [6.07, 6.45) is -0.557. The van der Waals surface area contributed by atoms with E-state index in [9.17, 15) is 9.90 Å². The van der Waals surface area contributed by atoms with Crippen LogP contribution in [0.2, 0.25) is 5.02 Å². The molecule has 4 heteroatoms. The number of benzene rings is 2. The van der Waals surface area contributed by atoms with Crippen LogP contribution in [0.25, 0.3) is 0 Å². The molecule has 2 aromatic carbocycles. The Morgan fingerprint density at radius 1 is 1.17 bits per heavy atom. The van der Waals surface area contributed by atoms with E-state index in [0.717, 1.165) is 5.56 Å². The highest BCUT2D eigenvalue weighted by Gasteiger charge is 2.41. The molecular weight excluding hydrogens is 322 g/mol. The van der Waals surface area contributed by atoms with Crippen LogP contribution in [0.4, 0.5) is 0 Å². The number of nitrogens with zero attached hydrogens (tertiary/aromatic N) is 1. The summed E-state index contributed by atoms with van der Waals surface area (Å²) in [5.41, 5.74) is 1.71. The lowest BCUT2D eigenvalue weighted by atomic mass is 9.88. The van der Waals surface area contributed by atoms with E-state index < -0.39 is 6.10 Å². The minimum atomic E-state index is -0.942. The Labute approximate surface area is 146 Å². The molecule has 0 saturated carbocycles. The van der Waals surface area contributed by atoms with Crippen molar-refractivity contribution in [1.82, 2.24) is 4.90 Å². The number of hydrogen-bond donors (Lipinski definition) is 1. The SMILES string of the molecule is CN1C(=O)C[C@H](c2ccccc2)[C@@H]1[C@H](O)C#Cc1ccccc1Cl. The van der Waals surface area contributed by atoms with E-state index in [2.05, 4.69) is 11.8 Å². The quantitative estimate of drug-likeness (QED) is 0.854. The van der Waals surface area contributed by atoms with Crippen LogP contribution >= 0.6 is 11.6 Å². The zero-order chi connectivity index (χ0) is 17.1. The van der Waals surface area contributed by atoms with Gasteiger partial charge in [-0.1, -0.05) is 65.9 Å². The van der Waals surface area contributed by atoms with Gasteiger partial charge in [-0.2, -0.15) is 0 Å². The van der Waals surface area contributed by atoms with Gasteiger partial charge in [0.15, 0.2) is 0 Å². The topological polar surface area (TPSA) is 40.5 Å². The van der Waals surface area contributed by atoms with Crippen LogP contribution in [0.3, 0.4) is 0 Å². The second-order valence-corrected chi connectivity index (χ2v) is 6.32. The molecule has 1 N–H and O–H groups in total. The molecule has 3 rings (SSSR count). The van der Waals surface area contributed by atoms with Crippen LogP contribution in [-0.2, 0) is 4.79 Å². The van der Waals surface area contributed by atoms with E-state index in [1.807, 2.05) is 42.5 Å². The van der Waals surface area contributed by atoms with Crippen LogP contribution in [0.15, 0.2) is 54.6 Å². The smallest absolute Gasteiger partial charge is 0.223 e. The highest BCUT2D eigenvalue weighted by Crippen LogP contribution is 2.35. The Kier molecular flexibility index (Phi) is 4.89. The van der Waals surface area contributed by atoms with Crippen molar-refractivity contribution in [2.75, 3.05) is 7.05 Å². The fourth-order valence-electron chi connectivity index (χ4n) is 3.14. The molecule has 0 aliphatic carbocycles. The number of hydrogen-bond acceptors (Lipinski definition) is 2. The van der Waals surface area contributed by atoms with Crippen LogP contribution in [0.1, 0.15) is 23.5 Å². The monoisotopic (exact) mass is 339 g/mol. The van der Waals surface area contributed by atoms with Crippen LogP contribution in [0.5, 0.6) is 0 Å². The lowest BCUT2D eigenvalue weighted by Crippen LogP contribution is -2.40. The summed E-state index contributed by atoms with van der Waals surface area (Å²) in [4.78, 5) is 13.7. The summed E-state index contributed by atoms with van der Waals surface area (Å²) in [7, 11) is 1.72. The van der Waals surface area contributed by atoms with Gasteiger partial charge in [0.1, 0.15) is 6.10 Å². The van der Waals surface area contributed by atoms with Gasteiger partial charge in [-0.15, -0.1) is 0 Å². The van der Waals surface area contributed by atoms with Gasteiger partial charge in [0.05, 0.1) is 11.1 Å². The Morgan fingerprint density at radius 2 is 1.83 bits per heavy atom. The number of likely N-dealkylation sites (tertiary alicyclic amines) is 1. The first-order valence-electron chi connectivity index (χ1n) is 7.82. The maximum atomic E-state index is 12.1. The van der Waals surface area contributed by atoms with E-state index in [0.29, 0.717) is 17.0 Å². The van der Waals surface area contributed by atoms with E-state index in [-0.39, 0.29) is 17.9 Å². The Hall–Kier alpha value is -2.28. The highest BCUT2D eigenvalue weighted by atomic mass is 35.5. The van der Waals surface area contributed by atoms with Crippen LogP contribution in [-0.4, -0.2) is 35.1 Å². The fourth-order valence-corrected chi connectivity index (χ4v) is 3.32. The van der Waals surface area contributed by atoms with Gasteiger partial charge in [0, 0.05) is 24.9 Å². The number of aliphatic hydroxyl groups is 1. The third-order valence-corrected chi connectivity index (χ3v) is 4.76. The Bertz CT molecular complexity index is 794. The Balaban J connectivity index is 1.88. The predicted molar refractivity (Wildman–Crippen MR) is 94.7 cm³/mol. The van der Waals surface area contributed by atoms with Gasteiger partial charge in [-0.3, -0.25) is 4.79 Å². The molecule has 3 atom stereocenters. The minimum Gasteiger partial charge on any atom is -0.378 e. The van der Waals surface area contributed by atoms with Crippen molar-refractivity contribution in [1.29, 1.82) is 0 Å². The van der Waals surface area contributed by atoms with Crippen molar-refractivity contribution in [2.24, 2.45) is 0 Å². The van der Waals surface area contributed by atoms with Crippen molar-refractivity contribution >= 4 is 17.5 Å². The molecule has 122 valence electrons. The van der Waals surface area contributed by atoms with Gasteiger partial charge in [-0.25, -0.2) is 0 Å². The maximum Gasteiger partial charge on any atom is 0.223 e. The fraction of sp³-hybridized carbons (Fsp3) is 0.250. The molecule has 0 radical (unpaired) electrons. The van der Waals surface area contributed by atoms with Crippen molar-refractivity contribution in [3.8, 4) is 11.8 Å². The van der Waals surface area contributed by atoms with Gasteiger partial charge in [-0.05, 0) is 17.7 Å². The summed E-state index contributed by atoms with van der Waals surface area (Å²) in [5, 5.41) is 11.2. The summed E-state index contributed by atoms with van der Waals surface area (Å²) in [5.74, 6) is 5.74. The molecule has 1 aliphatic heterocycles. The normalized spacial score (nSPS) is 21.3. The molecular formula is C20H18ClNO2. The zero-order valence-electron chi connectivity index (χ0n) is 13.3. The third kappa shape index (κ3) is 3.31. The second-order valence-electron chi connectivity index (χ2n) is 5.91. The van der Waals surface area contributed by atoms with Crippen molar-refractivity contribution < 1.29 is 9.90 Å². The van der Waals surface area contributed by atoms with Crippen molar-refractivity contribution in [2.45, 2.75) is 24.5 Å². The van der Waals surface area contributed by atoms with E-state index in [1.54, 1.807) is 24.1 Å². The van der Waals surface area contributed by atoms with E-state index in [1.165, 1.54) is 0 Å². The Morgan fingerprint density at radius 3 is 2.54 bits per heavy atom. The predicted octanol–water partition coefficient (Wildman–Crippen LogP) is 3.07.